The Morgan fingerprint density at radius 2 is 1.96 bits per heavy atom. The number of hydrogen-bond donors (Lipinski definition) is 1. The van der Waals surface area contributed by atoms with Crippen molar-refractivity contribution in [3.8, 4) is 5.75 Å². The van der Waals surface area contributed by atoms with Gasteiger partial charge in [-0.05, 0) is 56.4 Å². The van der Waals surface area contributed by atoms with E-state index in [4.69, 9.17) is 9.26 Å². The van der Waals surface area contributed by atoms with Gasteiger partial charge in [0.15, 0.2) is 0 Å². The zero-order valence-electron chi connectivity index (χ0n) is 16.2. The SMILES string of the molecule is Cc1noc(C)c1COc1ccccc1C(=O)N[C@H]1CCCc2ccccc21. The minimum atomic E-state index is -0.115. The Labute approximate surface area is 164 Å². The molecule has 1 amide bonds. The number of para-hydroxylation sites is 1. The maximum Gasteiger partial charge on any atom is 0.255 e. The summed E-state index contributed by atoms with van der Waals surface area (Å²) in [5, 5.41) is 7.15. The quantitative estimate of drug-likeness (QED) is 0.702. The third kappa shape index (κ3) is 3.65. The van der Waals surface area contributed by atoms with Crippen molar-refractivity contribution in [3.63, 3.8) is 0 Å². The van der Waals surface area contributed by atoms with E-state index in [0.717, 1.165) is 36.3 Å². The molecule has 1 atom stereocenters. The summed E-state index contributed by atoms with van der Waals surface area (Å²) >= 11 is 0. The van der Waals surface area contributed by atoms with Crippen molar-refractivity contribution < 1.29 is 14.1 Å². The third-order valence-electron chi connectivity index (χ3n) is 5.36. The van der Waals surface area contributed by atoms with Gasteiger partial charge in [-0.15, -0.1) is 0 Å². The summed E-state index contributed by atoms with van der Waals surface area (Å²) in [6.45, 7) is 4.06. The van der Waals surface area contributed by atoms with E-state index in [0.29, 0.717) is 17.9 Å². The van der Waals surface area contributed by atoms with Crippen LogP contribution >= 0.6 is 0 Å². The van der Waals surface area contributed by atoms with Crippen LogP contribution in [0.3, 0.4) is 0 Å². The molecule has 1 aliphatic carbocycles. The highest BCUT2D eigenvalue weighted by atomic mass is 16.5. The van der Waals surface area contributed by atoms with Crippen LogP contribution in [0.4, 0.5) is 0 Å². The lowest BCUT2D eigenvalue weighted by atomic mass is 9.87. The van der Waals surface area contributed by atoms with Crippen LogP contribution in [0.25, 0.3) is 0 Å². The topological polar surface area (TPSA) is 64.4 Å². The predicted octanol–water partition coefficient (Wildman–Crippen LogP) is 4.68. The lowest BCUT2D eigenvalue weighted by molar-refractivity contribution is 0.0928. The highest BCUT2D eigenvalue weighted by Gasteiger charge is 2.23. The highest BCUT2D eigenvalue weighted by molar-refractivity contribution is 5.97. The molecule has 1 aliphatic rings. The monoisotopic (exact) mass is 376 g/mol. The Morgan fingerprint density at radius 1 is 1.18 bits per heavy atom. The molecule has 0 saturated carbocycles. The normalized spacial score (nSPS) is 15.7. The van der Waals surface area contributed by atoms with Crippen molar-refractivity contribution in [2.75, 3.05) is 0 Å². The molecule has 28 heavy (non-hydrogen) atoms. The molecular weight excluding hydrogens is 352 g/mol. The average molecular weight is 376 g/mol. The van der Waals surface area contributed by atoms with Gasteiger partial charge in [0.2, 0.25) is 0 Å². The van der Waals surface area contributed by atoms with Crippen molar-refractivity contribution >= 4 is 5.91 Å². The number of rotatable bonds is 5. The van der Waals surface area contributed by atoms with Gasteiger partial charge in [-0.25, -0.2) is 0 Å². The largest absolute Gasteiger partial charge is 0.488 e. The van der Waals surface area contributed by atoms with Crippen LogP contribution in [0, 0.1) is 13.8 Å². The minimum Gasteiger partial charge on any atom is -0.488 e. The zero-order chi connectivity index (χ0) is 19.5. The van der Waals surface area contributed by atoms with Gasteiger partial charge in [0.1, 0.15) is 18.1 Å². The lowest BCUT2D eigenvalue weighted by Crippen LogP contribution is -2.31. The van der Waals surface area contributed by atoms with Crippen LogP contribution in [0.5, 0.6) is 5.75 Å². The van der Waals surface area contributed by atoms with Crippen LogP contribution < -0.4 is 10.1 Å². The van der Waals surface area contributed by atoms with Crippen LogP contribution in [0.15, 0.2) is 53.1 Å². The molecule has 3 aromatic rings. The van der Waals surface area contributed by atoms with Crippen LogP contribution in [-0.2, 0) is 13.0 Å². The maximum absolute atomic E-state index is 13.0. The number of carbonyl (C=O) groups excluding carboxylic acids is 1. The number of benzene rings is 2. The molecule has 0 bridgehead atoms. The molecule has 1 N–H and O–H groups in total. The second kappa shape index (κ2) is 7.89. The van der Waals surface area contributed by atoms with Crippen LogP contribution in [-0.4, -0.2) is 11.1 Å². The molecule has 0 spiro atoms. The van der Waals surface area contributed by atoms with E-state index in [2.05, 4.69) is 28.7 Å². The van der Waals surface area contributed by atoms with E-state index >= 15 is 0 Å². The second-order valence-corrected chi connectivity index (χ2v) is 7.20. The van der Waals surface area contributed by atoms with Gasteiger partial charge in [0, 0.05) is 0 Å². The number of nitrogens with one attached hydrogen (secondary N) is 1. The van der Waals surface area contributed by atoms with Gasteiger partial charge < -0.3 is 14.6 Å². The van der Waals surface area contributed by atoms with Crippen molar-refractivity contribution in [2.24, 2.45) is 0 Å². The van der Waals surface area contributed by atoms with Crippen molar-refractivity contribution in [2.45, 2.75) is 45.8 Å². The fourth-order valence-electron chi connectivity index (χ4n) is 3.78. The van der Waals surface area contributed by atoms with E-state index in [-0.39, 0.29) is 11.9 Å². The lowest BCUT2D eigenvalue weighted by Gasteiger charge is -2.26. The smallest absolute Gasteiger partial charge is 0.255 e. The molecule has 0 aliphatic heterocycles. The van der Waals surface area contributed by atoms with Crippen LogP contribution in [0.2, 0.25) is 0 Å². The Morgan fingerprint density at radius 3 is 2.79 bits per heavy atom. The van der Waals surface area contributed by atoms with Crippen molar-refractivity contribution in [1.29, 1.82) is 0 Å². The summed E-state index contributed by atoms with van der Waals surface area (Å²) < 4.78 is 11.1. The first-order chi connectivity index (χ1) is 13.6. The van der Waals surface area contributed by atoms with E-state index in [1.807, 2.05) is 38.1 Å². The fraction of sp³-hybridized carbons (Fsp3) is 0.304. The molecule has 0 radical (unpaired) electrons. The van der Waals surface area contributed by atoms with Crippen molar-refractivity contribution in [3.05, 3.63) is 82.2 Å². The zero-order valence-corrected chi connectivity index (χ0v) is 16.2. The number of nitrogens with zero attached hydrogens (tertiary/aromatic N) is 1. The highest BCUT2D eigenvalue weighted by Crippen LogP contribution is 2.30. The number of fused-ring (bicyclic) bond motifs is 1. The maximum atomic E-state index is 13.0. The molecule has 1 aromatic heterocycles. The van der Waals surface area contributed by atoms with E-state index in [1.165, 1.54) is 11.1 Å². The summed E-state index contributed by atoms with van der Waals surface area (Å²) in [6, 6.07) is 15.7. The Balaban J connectivity index is 1.51. The number of aromatic nitrogens is 1. The van der Waals surface area contributed by atoms with Gasteiger partial charge in [-0.3, -0.25) is 4.79 Å². The summed E-state index contributed by atoms with van der Waals surface area (Å²) in [6.07, 6.45) is 3.09. The third-order valence-corrected chi connectivity index (χ3v) is 5.36. The number of aryl methyl sites for hydroxylation is 3. The number of amides is 1. The Hall–Kier alpha value is -3.08. The summed E-state index contributed by atoms with van der Waals surface area (Å²) in [5.74, 6) is 1.18. The summed E-state index contributed by atoms with van der Waals surface area (Å²) in [5.41, 5.74) is 4.80. The Bertz CT molecular complexity index is 974. The number of carbonyl (C=O) groups is 1. The molecule has 2 aromatic carbocycles. The average Bonchev–Trinajstić information content (AvgIpc) is 3.04. The molecule has 1 heterocycles. The summed E-state index contributed by atoms with van der Waals surface area (Å²) in [4.78, 5) is 13.0. The standard InChI is InChI=1S/C23H24N2O3/c1-15-20(16(2)28-25-15)14-27-22-13-6-5-11-19(22)23(26)24-21-12-7-9-17-8-3-4-10-18(17)21/h3-6,8,10-11,13,21H,7,9,12,14H2,1-2H3,(H,24,26)/t21-/m0/s1. The molecule has 5 heteroatoms. The van der Waals surface area contributed by atoms with E-state index < -0.39 is 0 Å². The molecule has 5 nitrogen and oxygen atoms in total. The summed E-state index contributed by atoms with van der Waals surface area (Å²) in [7, 11) is 0. The first kappa shape index (κ1) is 18.3. The second-order valence-electron chi connectivity index (χ2n) is 7.20. The van der Waals surface area contributed by atoms with Gasteiger partial charge in [0.05, 0.1) is 22.9 Å². The van der Waals surface area contributed by atoms with E-state index in [1.54, 1.807) is 6.07 Å². The van der Waals surface area contributed by atoms with Gasteiger partial charge in [0.25, 0.3) is 5.91 Å². The molecule has 0 fully saturated rings. The number of hydrogen-bond acceptors (Lipinski definition) is 4. The van der Waals surface area contributed by atoms with Gasteiger partial charge in [-0.2, -0.15) is 0 Å². The van der Waals surface area contributed by atoms with E-state index in [9.17, 15) is 4.79 Å². The Kier molecular flexibility index (Phi) is 5.15. The molecule has 144 valence electrons. The molecule has 0 saturated heterocycles. The van der Waals surface area contributed by atoms with Gasteiger partial charge >= 0.3 is 0 Å². The first-order valence-corrected chi connectivity index (χ1v) is 9.65. The first-order valence-electron chi connectivity index (χ1n) is 9.65. The minimum absolute atomic E-state index is 0.0352. The van der Waals surface area contributed by atoms with Crippen molar-refractivity contribution in [1.82, 2.24) is 10.5 Å². The molecule has 4 rings (SSSR count). The molecular formula is C23H24N2O3. The van der Waals surface area contributed by atoms with Crippen LogP contribution in [0.1, 0.15) is 57.4 Å². The predicted molar refractivity (Wildman–Crippen MR) is 106 cm³/mol. The molecule has 0 unspecified atom stereocenters. The number of ether oxygens (including phenoxy) is 1. The van der Waals surface area contributed by atoms with Gasteiger partial charge in [-0.1, -0.05) is 41.6 Å². The fourth-order valence-corrected chi connectivity index (χ4v) is 3.78.